The van der Waals surface area contributed by atoms with Crippen molar-refractivity contribution in [2.45, 2.75) is 43.2 Å². The quantitative estimate of drug-likeness (QED) is 0.240. The molecule has 6 N–H and O–H groups in total. The number of ether oxygens (including phenoxy) is 2. The molecule has 10 nitrogen and oxygen atoms in total. The normalized spacial score (nSPS) is 23.8. The van der Waals surface area contributed by atoms with Gasteiger partial charge in [-0.2, -0.15) is 0 Å². The van der Waals surface area contributed by atoms with Crippen molar-refractivity contribution in [3.63, 3.8) is 0 Å². The molecule has 0 aliphatic carbocycles. The van der Waals surface area contributed by atoms with Crippen LogP contribution in [0.1, 0.15) is 15.9 Å². The number of carbonyl (C=O) groups is 2. The van der Waals surface area contributed by atoms with E-state index in [1.807, 2.05) is 6.07 Å². The minimum absolute atomic E-state index is 0.142. The molecule has 1 amide bonds. The van der Waals surface area contributed by atoms with Crippen LogP contribution in [0.2, 0.25) is 0 Å². The Morgan fingerprint density at radius 1 is 0.868 bits per heavy atom. The molecule has 0 radical (unpaired) electrons. The van der Waals surface area contributed by atoms with Gasteiger partial charge in [0.2, 0.25) is 6.29 Å². The van der Waals surface area contributed by atoms with Crippen molar-refractivity contribution in [3.8, 4) is 16.9 Å². The highest BCUT2D eigenvalue weighted by molar-refractivity contribution is 5.97. The van der Waals surface area contributed by atoms with Crippen LogP contribution >= 0.6 is 0 Å². The van der Waals surface area contributed by atoms with E-state index in [1.54, 1.807) is 72.8 Å². The summed E-state index contributed by atoms with van der Waals surface area (Å²) in [5.74, 6) is -1.38. The van der Waals surface area contributed by atoms with Crippen LogP contribution in [0, 0.1) is 0 Å². The molecule has 200 valence electrons. The van der Waals surface area contributed by atoms with E-state index < -0.39 is 55.2 Å². The molecule has 0 aromatic heterocycles. The number of nitrogens with one attached hydrogen (secondary N) is 1. The zero-order valence-electron chi connectivity index (χ0n) is 20.3. The Labute approximate surface area is 218 Å². The number of aliphatic carboxylic acids is 1. The summed E-state index contributed by atoms with van der Waals surface area (Å²) in [6.45, 7) is -0.579. The molecule has 0 bridgehead atoms. The van der Waals surface area contributed by atoms with Gasteiger partial charge in [0.1, 0.15) is 36.2 Å². The molecule has 0 saturated carbocycles. The highest BCUT2D eigenvalue weighted by Crippen LogP contribution is 2.33. The predicted molar refractivity (Wildman–Crippen MR) is 135 cm³/mol. The molecule has 6 atom stereocenters. The lowest BCUT2D eigenvalue weighted by Crippen LogP contribution is -2.60. The van der Waals surface area contributed by atoms with E-state index in [9.17, 15) is 35.1 Å². The third-order valence-electron chi connectivity index (χ3n) is 6.32. The number of benzene rings is 3. The second kappa shape index (κ2) is 12.2. The molecule has 38 heavy (non-hydrogen) atoms. The SMILES string of the molecule is O=C(N[C@@H](Cc1ccccc1)C(=O)O)c1ccc(-c2ccccc2OC2OC(CO)C(O)C(O)C2O)cc1. The van der Waals surface area contributed by atoms with Gasteiger partial charge >= 0.3 is 5.97 Å². The summed E-state index contributed by atoms with van der Waals surface area (Å²) < 4.78 is 11.3. The number of rotatable bonds is 9. The summed E-state index contributed by atoms with van der Waals surface area (Å²) in [5, 5.41) is 51.9. The van der Waals surface area contributed by atoms with Crippen molar-refractivity contribution < 1.29 is 44.6 Å². The number of hydrogen-bond acceptors (Lipinski definition) is 8. The molecular formula is C28H29NO9. The van der Waals surface area contributed by atoms with E-state index in [1.165, 1.54) is 0 Å². The van der Waals surface area contributed by atoms with Crippen LogP contribution in [-0.4, -0.2) is 80.8 Å². The average Bonchev–Trinajstić information content (AvgIpc) is 2.94. The molecule has 10 heteroatoms. The van der Waals surface area contributed by atoms with Gasteiger partial charge < -0.3 is 40.3 Å². The van der Waals surface area contributed by atoms with E-state index in [4.69, 9.17) is 9.47 Å². The number of hydrogen-bond donors (Lipinski definition) is 6. The third kappa shape index (κ3) is 6.18. The second-order valence-corrected chi connectivity index (χ2v) is 8.94. The Morgan fingerprint density at radius 2 is 1.53 bits per heavy atom. The maximum absolute atomic E-state index is 12.8. The first-order valence-electron chi connectivity index (χ1n) is 12.0. The fraction of sp³-hybridized carbons (Fsp3) is 0.286. The minimum atomic E-state index is -1.58. The van der Waals surface area contributed by atoms with Gasteiger partial charge in [-0.3, -0.25) is 4.79 Å². The van der Waals surface area contributed by atoms with Gasteiger partial charge in [0, 0.05) is 17.5 Å². The fourth-order valence-electron chi connectivity index (χ4n) is 4.19. The van der Waals surface area contributed by atoms with Gasteiger partial charge in [0.25, 0.3) is 5.91 Å². The van der Waals surface area contributed by atoms with Crippen molar-refractivity contribution >= 4 is 11.9 Å². The van der Waals surface area contributed by atoms with E-state index in [-0.39, 0.29) is 12.0 Å². The van der Waals surface area contributed by atoms with Crippen molar-refractivity contribution in [1.82, 2.24) is 5.32 Å². The average molecular weight is 524 g/mol. The Kier molecular flexibility index (Phi) is 8.72. The standard InChI is InChI=1S/C28H29NO9/c30-15-22-23(31)24(32)25(33)28(38-22)37-21-9-5-4-8-19(21)17-10-12-18(13-11-17)26(34)29-20(27(35)36)14-16-6-2-1-3-7-16/h1-13,20,22-25,28,30-33H,14-15H2,(H,29,34)(H,35,36)/t20-,22?,23?,24?,25?,28?/m0/s1. The van der Waals surface area contributed by atoms with Gasteiger partial charge in [-0.25, -0.2) is 4.79 Å². The number of para-hydroxylation sites is 1. The first-order chi connectivity index (χ1) is 18.3. The van der Waals surface area contributed by atoms with Crippen molar-refractivity contribution in [1.29, 1.82) is 0 Å². The van der Waals surface area contributed by atoms with Crippen LogP contribution in [0.5, 0.6) is 5.75 Å². The molecule has 1 heterocycles. The Balaban J connectivity index is 1.48. The summed E-state index contributed by atoms with van der Waals surface area (Å²) in [6, 6.07) is 21.2. The third-order valence-corrected chi connectivity index (χ3v) is 6.32. The zero-order valence-corrected chi connectivity index (χ0v) is 20.3. The lowest BCUT2D eigenvalue weighted by Gasteiger charge is -2.39. The number of carbonyl (C=O) groups excluding carboxylic acids is 1. The molecule has 4 rings (SSSR count). The maximum Gasteiger partial charge on any atom is 0.326 e. The van der Waals surface area contributed by atoms with Gasteiger partial charge in [0.15, 0.2) is 0 Å². The van der Waals surface area contributed by atoms with Crippen LogP contribution in [0.15, 0.2) is 78.9 Å². The smallest absolute Gasteiger partial charge is 0.326 e. The zero-order chi connectivity index (χ0) is 27.2. The van der Waals surface area contributed by atoms with Crippen LogP contribution in [0.25, 0.3) is 11.1 Å². The number of carboxylic acids is 1. The summed E-state index contributed by atoms with van der Waals surface area (Å²) in [5.41, 5.74) is 2.29. The first kappa shape index (κ1) is 27.2. The van der Waals surface area contributed by atoms with Crippen LogP contribution in [-0.2, 0) is 16.0 Å². The summed E-state index contributed by atoms with van der Waals surface area (Å²) in [4.78, 5) is 24.5. The highest BCUT2D eigenvalue weighted by Gasteiger charge is 2.44. The highest BCUT2D eigenvalue weighted by atomic mass is 16.7. The van der Waals surface area contributed by atoms with Gasteiger partial charge in [0.05, 0.1) is 6.61 Å². The lowest BCUT2D eigenvalue weighted by atomic mass is 9.99. The van der Waals surface area contributed by atoms with Crippen molar-refractivity contribution in [3.05, 3.63) is 90.0 Å². The monoisotopic (exact) mass is 523 g/mol. The molecule has 3 aromatic carbocycles. The molecule has 1 saturated heterocycles. The lowest BCUT2D eigenvalue weighted by molar-refractivity contribution is -0.277. The molecule has 3 aromatic rings. The van der Waals surface area contributed by atoms with E-state index in [0.29, 0.717) is 16.9 Å². The van der Waals surface area contributed by atoms with Crippen molar-refractivity contribution in [2.75, 3.05) is 6.61 Å². The van der Waals surface area contributed by atoms with Gasteiger partial charge in [-0.1, -0.05) is 60.7 Å². The first-order valence-corrected chi connectivity index (χ1v) is 12.0. The fourth-order valence-corrected chi connectivity index (χ4v) is 4.19. The summed E-state index contributed by atoms with van der Waals surface area (Å²) >= 11 is 0. The minimum Gasteiger partial charge on any atom is -0.480 e. The largest absolute Gasteiger partial charge is 0.480 e. The van der Waals surface area contributed by atoms with Crippen LogP contribution < -0.4 is 10.1 Å². The molecule has 1 fully saturated rings. The number of amides is 1. The number of aliphatic hydroxyl groups excluding tert-OH is 4. The summed E-state index contributed by atoms with van der Waals surface area (Å²) in [6.07, 6.45) is -6.97. The topological polar surface area (TPSA) is 166 Å². The predicted octanol–water partition coefficient (Wildman–Crippen LogP) is 0.958. The van der Waals surface area contributed by atoms with Gasteiger partial charge in [-0.15, -0.1) is 0 Å². The number of carboxylic acid groups (broad SMARTS) is 1. The van der Waals surface area contributed by atoms with Crippen LogP contribution in [0.3, 0.4) is 0 Å². The molecule has 5 unspecified atom stereocenters. The van der Waals surface area contributed by atoms with E-state index >= 15 is 0 Å². The van der Waals surface area contributed by atoms with Crippen molar-refractivity contribution in [2.24, 2.45) is 0 Å². The van der Waals surface area contributed by atoms with E-state index in [2.05, 4.69) is 5.32 Å². The van der Waals surface area contributed by atoms with Gasteiger partial charge in [-0.05, 0) is 29.3 Å². The molecule has 0 spiro atoms. The van der Waals surface area contributed by atoms with Crippen LogP contribution in [0.4, 0.5) is 0 Å². The molecule has 1 aliphatic heterocycles. The second-order valence-electron chi connectivity index (χ2n) is 8.94. The maximum atomic E-state index is 12.8. The summed E-state index contributed by atoms with van der Waals surface area (Å²) in [7, 11) is 0. The Morgan fingerprint density at radius 3 is 2.18 bits per heavy atom. The Hall–Kier alpha value is -3.80. The Bertz CT molecular complexity index is 1230. The molecular weight excluding hydrogens is 494 g/mol. The molecule has 1 aliphatic rings. The number of aliphatic hydroxyl groups is 4. The van der Waals surface area contributed by atoms with E-state index in [0.717, 1.165) is 5.56 Å².